The fourth-order valence-corrected chi connectivity index (χ4v) is 4.96. The number of hydrogen-bond donors (Lipinski definition) is 2. The van der Waals surface area contributed by atoms with E-state index in [0.717, 1.165) is 23.9 Å². The van der Waals surface area contributed by atoms with Gasteiger partial charge in [0.1, 0.15) is 0 Å². The first kappa shape index (κ1) is 22.0. The van der Waals surface area contributed by atoms with E-state index >= 15 is 0 Å². The van der Waals surface area contributed by atoms with Gasteiger partial charge in [-0.3, -0.25) is 9.59 Å². The van der Waals surface area contributed by atoms with Gasteiger partial charge in [0, 0.05) is 43.0 Å². The quantitative estimate of drug-likeness (QED) is 0.425. The minimum Gasteiger partial charge on any atom is -0.361 e. The summed E-state index contributed by atoms with van der Waals surface area (Å²) in [4.78, 5) is 30.9. The molecule has 0 saturated heterocycles. The molecule has 0 bridgehead atoms. The maximum Gasteiger partial charge on any atom is 0.223 e. The summed E-state index contributed by atoms with van der Waals surface area (Å²) in [5.74, 6) is -0.0583. The molecule has 1 aliphatic heterocycles. The molecule has 0 aliphatic carbocycles. The van der Waals surface area contributed by atoms with Crippen LogP contribution in [-0.2, 0) is 22.4 Å². The molecule has 2 amide bonds. The molecule has 0 radical (unpaired) electrons. The topological polar surface area (TPSA) is 65.2 Å². The summed E-state index contributed by atoms with van der Waals surface area (Å²) in [5, 5.41) is 4.16. The molecule has 3 aromatic carbocycles. The average molecular weight is 452 g/mol. The minimum atomic E-state index is -0.108. The number of para-hydroxylation sites is 1. The molecule has 172 valence electrons. The highest BCUT2D eigenvalue weighted by Gasteiger charge is 2.31. The van der Waals surface area contributed by atoms with Crippen molar-refractivity contribution >= 4 is 22.7 Å². The summed E-state index contributed by atoms with van der Waals surface area (Å²) >= 11 is 0. The van der Waals surface area contributed by atoms with Gasteiger partial charge in [0.15, 0.2) is 0 Å². The number of carbonyl (C=O) groups excluding carboxylic acids is 2. The summed E-state index contributed by atoms with van der Waals surface area (Å²) in [5.41, 5.74) is 5.85. The van der Waals surface area contributed by atoms with Gasteiger partial charge in [-0.25, -0.2) is 0 Å². The van der Waals surface area contributed by atoms with Crippen LogP contribution in [0.2, 0.25) is 0 Å². The van der Waals surface area contributed by atoms with Gasteiger partial charge in [-0.1, -0.05) is 72.8 Å². The van der Waals surface area contributed by atoms with Crippen molar-refractivity contribution in [3.8, 4) is 0 Å². The Morgan fingerprint density at radius 3 is 2.56 bits per heavy atom. The van der Waals surface area contributed by atoms with E-state index in [9.17, 15) is 9.59 Å². The molecule has 2 heterocycles. The van der Waals surface area contributed by atoms with Gasteiger partial charge in [0.25, 0.3) is 0 Å². The maximum absolute atomic E-state index is 13.2. The van der Waals surface area contributed by atoms with Crippen LogP contribution in [-0.4, -0.2) is 34.8 Å². The Bertz CT molecular complexity index is 1290. The van der Waals surface area contributed by atoms with Gasteiger partial charge in [-0.15, -0.1) is 0 Å². The number of aromatic amines is 1. The van der Waals surface area contributed by atoms with Crippen molar-refractivity contribution in [1.82, 2.24) is 15.2 Å². The number of aromatic nitrogens is 1. The smallest absolute Gasteiger partial charge is 0.223 e. The number of amides is 2. The van der Waals surface area contributed by atoms with Crippen molar-refractivity contribution in [1.29, 1.82) is 0 Å². The van der Waals surface area contributed by atoms with Crippen LogP contribution in [0.3, 0.4) is 0 Å². The van der Waals surface area contributed by atoms with Crippen molar-refractivity contribution in [2.24, 2.45) is 0 Å². The Morgan fingerprint density at radius 1 is 0.912 bits per heavy atom. The van der Waals surface area contributed by atoms with Gasteiger partial charge in [0.2, 0.25) is 11.8 Å². The highest BCUT2D eigenvalue weighted by Crippen LogP contribution is 2.35. The molecule has 1 aromatic heterocycles. The third-order valence-electron chi connectivity index (χ3n) is 6.68. The second kappa shape index (κ2) is 9.96. The van der Waals surface area contributed by atoms with Crippen LogP contribution in [0.4, 0.5) is 0 Å². The number of H-pyrrole nitrogens is 1. The molecule has 0 saturated carbocycles. The van der Waals surface area contributed by atoms with E-state index in [0.29, 0.717) is 13.1 Å². The molecular formula is C29H29N3O2. The molecule has 0 spiro atoms. The highest BCUT2D eigenvalue weighted by molar-refractivity contribution is 5.85. The SMILES string of the molecule is O=C(CCC(=O)N1CCc2ccccc2[C@@H]1c1ccccc1)NCCc1c[nH]c2ccccc12. The second-order valence-corrected chi connectivity index (χ2v) is 8.81. The molecule has 1 aliphatic rings. The summed E-state index contributed by atoms with van der Waals surface area (Å²) in [7, 11) is 0. The van der Waals surface area contributed by atoms with Crippen molar-refractivity contribution in [2.45, 2.75) is 31.7 Å². The first-order valence-corrected chi connectivity index (χ1v) is 11.9. The Labute approximate surface area is 199 Å². The van der Waals surface area contributed by atoms with Gasteiger partial charge in [-0.2, -0.15) is 0 Å². The lowest BCUT2D eigenvalue weighted by molar-refractivity contribution is -0.135. The molecule has 2 N–H and O–H groups in total. The normalized spacial score (nSPS) is 15.2. The zero-order valence-corrected chi connectivity index (χ0v) is 19.2. The van der Waals surface area contributed by atoms with Crippen LogP contribution in [0, 0.1) is 0 Å². The van der Waals surface area contributed by atoms with Crippen LogP contribution in [0.1, 0.15) is 41.1 Å². The molecule has 0 unspecified atom stereocenters. The lowest BCUT2D eigenvalue weighted by atomic mass is 9.88. The van der Waals surface area contributed by atoms with E-state index in [4.69, 9.17) is 0 Å². The summed E-state index contributed by atoms with van der Waals surface area (Å²) in [6.45, 7) is 1.22. The Hall–Kier alpha value is -3.86. The van der Waals surface area contributed by atoms with Gasteiger partial charge in [0.05, 0.1) is 6.04 Å². The highest BCUT2D eigenvalue weighted by atomic mass is 16.2. The molecule has 5 nitrogen and oxygen atoms in total. The number of nitrogens with one attached hydrogen (secondary N) is 2. The minimum absolute atomic E-state index is 0.0233. The van der Waals surface area contributed by atoms with Gasteiger partial charge in [-0.05, 0) is 41.2 Å². The molecule has 4 aromatic rings. The standard InChI is InChI=1S/C29H29N3O2/c33-27(30-18-16-23-20-31-26-13-7-6-11-24(23)26)14-15-28(34)32-19-17-21-8-4-5-12-25(21)29(32)22-9-2-1-3-10-22/h1-13,20,29,31H,14-19H2,(H,30,33)/t29-/m0/s1. The van der Waals surface area contributed by atoms with Crippen LogP contribution < -0.4 is 5.32 Å². The predicted octanol–water partition coefficient (Wildman–Crippen LogP) is 4.78. The van der Waals surface area contributed by atoms with E-state index in [2.05, 4.69) is 46.7 Å². The Balaban J connectivity index is 1.19. The summed E-state index contributed by atoms with van der Waals surface area (Å²) in [6.07, 6.45) is 4.00. The zero-order chi connectivity index (χ0) is 23.3. The van der Waals surface area contributed by atoms with Gasteiger partial charge < -0.3 is 15.2 Å². The van der Waals surface area contributed by atoms with E-state index in [1.165, 1.54) is 22.1 Å². The fraction of sp³-hybridized carbons (Fsp3) is 0.241. The number of benzene rings is 3. The Kier molecular flexibility index (Phi) is 6.43. The first-order chi connectivity index (χ1) is 16.7. The molecule has 1 atom stereocenters. The van der Waals surface area contributed by atoms with Crippen LogP contribution in [0.25, 0.3) is 10.9 Å². The van der Waals surface area contributed by atoms with Crippen molar-refractivity contribution in [2.75, 3.05) is 13.1 Å². The number of hydrogen-bond acceptors (Lipinski definition) is 2. The largest absolute Gasteiger partial charge is 0.361 e. The summed E-state index contributed by atoms with van der Waals surface area (Å²) < 4.78 is 0. The summed E-state index contributed by atoms with van der Waals surface area (Å²) in [6, 6.07) is 26.6. The molecule has 5 heteroatoms. The first-order valence-electron chi connectivity index (χ1n) is 11.9. The fourth-order valence-electron chi connectivity index (χ4n) is 4.96. The molecular weight excluding hydrogens is 422 g/mol. The lowest BCUT2D eigenvalue weighted by Crippen LogP contribution is -2.41. The predicted molar refractivity (Wildman–Crippen MR) is 134 cm³/mol. The van der Waals surface area contributed by atoms with Crippen LogP contribution in [0.5, 0.6) is 0 Å². The zero-order valence-electron chi connectivity index (χ0n) is 19.2. The van der Waals surface area contributed by atoms with Crippen LogP contribution in [0.15, 0.2) is 85.1 Å². The van der Waals surface area contributed by atoms with Crippen molar-refractivity contribution in [3.05, 3.63) is 107 Å². The molecule has 5 rings (SSSR count). The van der Waals surface area contributed by atoms with Gasteiger partial charge >= 0.3 is 0 Å². The van der Waals surface area contributed by atoms with E-state index in [-0.39, 0.29) is 30.7 Å². The van der Waals surface area contributed by atoms with E-state index < -0.39 is 0 Å². The maximum atomic E-state index is 13.2. The van der Waals surface area contributed by atoms with E-state index in [1.54, 1.807) is 0 Å². The third kappa shape index (κ3) is 4.60. The Morgan fingerprint density at radius 2 is 1.68 bits per heavy atom. The third-order valence-corrected chi connectivity index (χ3v) is 6.68. The lowest BCUT2D eigenvalue weighted by Gasteiger charge is -2.38. The number of fused-ring (bicyclic) bond motifs is 2. The van der Waals surface area contributed by atoms with Crippen molar-refractivity contribution in [3.63, 3.8) is 0 Å². The van der Waals surface area contributed by atoms with Crippen LogP contribution >= 0.6 is 0 Å². The van der Waals surface area contributed by atoms with E-state index in [1.807, 2.05) is 53.6 Å². The monoisotopic (exact) mass is 451 g/mol. The molecule has 0 fully saturated rings. The number of nitrogens with zero attached hydrogens (tertiary/aromatic N) is 1. The molecule has 34 heavy (non-hydrogen) atoms. The average Bonchev–Trinajstić information content (AvgIpc) is 3.30. The number of carbonyl (C=O) groups is 2. The second-order valence-electron chi connectivity index (χ2n) is 8.81. The van der Waals surface area contributed by atoms with Crippen molar-refractivity contribution < 1.29 is 9.59 Å². The number of rotatable bonds is 7.